The molecule has 0 N–H and O–H groups in total. The smallest absolute Gasteiger partial charge is 0.101 e. The summed E-state index contributed by atoms with van der Waals surface area (Å²) in [4.78, 5) is 2.45. The second-order valence-corrected chi connectivity index (χ2v) is 5.69. The van der Waals surface area contributed by atoms with Gasteiger partial charge in [-0.25, -0.2) is 0 Å². The summed E-state index contributed by atoms with van der Waals surface area (Å²) in [7, 11) is 0. The van der Waals surface area contributed by atoms with E-state index in [9.17, 15) is 5.26 Å². The molecule has 0 bridgehead atoms. The Labute approximate surface area is 99.6 Å². The van der Waals surface area contributed by atoms with Crippen LogP contribution in [0.5, 0.6) is 0 Å². The van der Waals surface area contributed by atoms with Crippen LogP contribution in [-0.4, -0.2) is 24.0 Å². The molecule has 90 valence electrons. The van der Waals surface area contributed by atoms with Gasteiger partial charge in [0.2, 0.25) is 0 Å². The van der Waals surface area contributed by atoms with E-state index in [2.05, 4.69) is 17.9 Å². The van der Waals surface area contributed by atoms with Crippen LogP contribution in [0.1, 0.15) is 51.9 Å². The molecule has 0 amide bonds. The number of rotatable bonds is 2. The first kappa shape index (κ1) is 11.9. The Kier molecular flexibility index (Phi) is 4.23. The summed E-state index contributed by atoms with van der Waals surface area (Å²) in [5.74, 6) is 1.52. The number of hydrogen-bond acceptors (Lipinski definition) is 2. The van der Waals surface area contributed by atoms with Gasteiger partial charge in [-0.15, -0.1) is 0 Å². The maximum Gasteiger partial charge on any atom is 0.101 e. The van der Waals surface area contributed by atoms with E-state index in [0.29, 0.717) is 5.92 Å². The molecule has 0 spiro atoms. The SMILES string of the molecule is CC1CCN(C(C#N)C2CCCCC2)CC1. The highest BCUT2D eigenvalue weighted by Gasteiger charge is 2.30. The fourth-order valence-electron chi connectivity index (χ4n) is 3.24. The normalized spacial score (nSPS) is 27.5. The number of hydrogen-bond donors (Lipinski definition) is 0. The molecule has 1 aliphatic carbocycles. The minimum Gasteiger partial charge on any atom is -0.288 e. The fourth-order valence-corrected chi connectivity index (χ4v) is 3.24. The first-order chi connectivity index (χ1) is 7.81. The molecule has 1 heterocycles. The topological polar surface area (TPSA) is 27.0 Å². The van der Waals surface area contributed by atoms with Gasteiger partial charge in [-0.1, -0.05) is 26.2 Å². The molecule has 1 atom stereocenters. The molecule has 16 heavy (non-hydrogen) atoms. The van der Waals surface area contributed by atoms with E-state index in [-0.39, 0.29) is 6.04 Å². The Bertz CT molecular complexity index is 242. The highest BCUT2D eigenvalue weighted by molar-refractivity contribution is 4.98. The zero-order valence-corrected chi connectivity index (χ0v) is 10.5. The van der Waals surface area contributed by atoms with Gasteiger partial charge in [0.1, 0.15) is 6.04 Å². The third-order valence-electron chi connectivity index (χ3n) is 4.44. The molecule has 1 saturated heterocycles. The first-order valence-corrected chi connectivity index (χ1v) is 6.95. The zero-order chi connectivity index (χ0) is 11.4. The molecule has 2 heteroatoms. The second kappa shape index (κ2) is 5.68. The van der Waals surface area contributed by atoms with Crippen LogP contribution < -0.4 is 0 Å². The lowest BCUT2D eigenvalue weighted by Gasteiger charge is -2.38. The maximum absolute atomic E-state index is 9.40. The van der Waals surface area contributed by atoms with E-state index in [1.165, 1.54) is 44.9 Å². The largest absolute Gasteiger partial charge is 0.288 e. The van der Waals surface area contributed by atoms with Gasteiger partial charge >= 0.3 is 0 Å². The molecule has 0 aromatic carbocycles. The van der Waals surface area contributed by atoms with Crippen molar-refractivity contribution in [2.24, 2.45) is 11.8 Å². The van der Waals surface area contributed by atoms with Gasteiger partial charge in [0, 0.05) is 0 Å². The third kappa shape index (κ3) is 2.77. The summed E-state index contributed by atoms with van der Waals surface area (Å²) in [6, 6.07) is 2.80. The van der Waals surface area contributed by atoms with E-state index >= 15 is 0 Å². The van der Waals surface area contributed by atoms with Gasteiger partial charge in [0.15, 0.2) is 0 Å². The second-order valence-electron chi connectivity index (χ2n) is 5.69. The Hall–Kier alpha value is -0.550. The summed E-state index contributed by atoms with van der Waals surface area (Å²) in [5.41, 5.74) is 0. The van der Waals surface area contributed by atoms with Crippen LogP contribution in [0.25, 0.3) is 0 Å². The Balaban J connectivity index is 1.91. The molecular weight excluding hydrogens is 196 g/mol. The molecule has 2 rings (SSSR count). The van der Waals surface area contributed by atoms with Crippen molar-refractivity contribution in [3.8, 4) is 6.07 Å². The van der Waals surface area contributed by atoms with Crippen LogP contribution in [0, 0.1) is 23.2 Å². The molecule has 2 nitrogen and oxygen atoms in total. The molecular formula is C14H24N2. The van der Waals surface area contributed by atoms with Gasteiger partial charge in [-0.2, -0.15) is 5.26 Å². The molecule has 1 aliphatic heterocycles. The van der Waals surface area contributed by atoms with Crippen molar-refractivity contribution in [1.29, 1.82) is 5.26 Å². The van der Waals surface area contributed by atoms with Crippen molar-refractivity contribution < 1.29 is 0 Å². The molecule has 2 aliphatic rings. The minimum absolute atomic E-state index is 0.216. The molecule has 0 radical (unpaired) electrons. The average Bonchev–Trinajstić information content (AvgIpc) is 2.34. The Morgan fingerprint density at radius 1 is 1.06 bits per heavy atom. The van der Waals surface area contributed by atoms with Crippen LogP contribution in [-0.2, 0) is 0 Å². The Morgan fingerprint density at radius 3 is 2.25 bits per heavy atom. The van der Waals surface area contributed by atoms with Gasteiger partial charge in [0.05, 0.1) is 6.07 Å². The average molecular weight is 220 g/mol. The summed E-state index contributed by atoms with van der Waals surface area (Å²) >= 11 is 0. The van der Waals surface area contributed by atoms with E-state index in [1.54, 1.807) is 0 Å². The van der Waals surface area contributed by atoms with Gasteiger partial charge < -0.3 is 0 Å². The van der Waals surface area contributed by atoms with Crippen LogP contribution in [0.15, 0.2) is 0 Å². The zero-order valence-electron chi connectivity index (χ0n) is 10.5. The minimum atomic E-state index is 0.216. The highest BCUT2D eigenvalue weighted by atomic mass is 15.2. The summed E-state index contributed by atoms with van der Waals surface area (Å²) in [6.07, 6.45) is 9.19. The number of nitrogens with zero attached hydrogens (tertiary/aromatic N) is 2. The van der Waals surface area contributed by atoms with Gasteiger partial charge in [0.25, 0.3) is 0 Å². The maximum atomic E-state index is 9.40. The van der Waals surface area contributed by atoms with Crippen molar-refractivity contribution in [1.82, 2.24) is 4.90 Å². The first-order valence-electron chi connectivity index (χ1n) is 6.95. The van der Waals surface area contributed by atoms with E-state index < -0.39 is 0 Å². The molecule has 0 aromatic heterocycles. The lowest BCUT2D eigenvalue weighted by molar-refractivity contribution is 0.113. The van der Waals surface area contributed by atoms with Gasteiger partial charge in [-0.3, -0.25) is 4.90 Å². The Morgan fingerprint density at radius 2 is 1.69 bits per heavy atom. The predicted molar refractivity (Wildman–Crippen MR) is 65.9 cm³/mol. The number of nitriles is 1. The number of likely N-dealkylation sites (tertiary alicyclic amines) is 1. The van der Waals surface area contributed by atoms with Crippen molar-refractivity contribution in [2.75, 3.05) is 13.1 Å². The monoisotopic (exact) mass is 220 g/mol. The van der Waals surface area contributed by atoms with Crippen LogP contribution >= 0.6 is 0 Å². The lowest BCUT2D eigenvalue weighted by atomic mass is 9.83. The van der Waals surface area contributed by atoms with Crippen LogP contribution in [0.3, 0.4) is 0 Å². The molecule has 1 saturated carbocycles. The van der Waals surface area contributed by atoms with Crippen LogP contribution in [0.4, 0.5) is 0 Å². The van der Waals surface area contributed by atoms with E-state index in [4.69, 9.17) is 0 Å². The highest BCUT2D eigenvalue weighted by Crippen LogP contribution is 2.30. The standard InChI is InChI=1S/C14H24N2/c1-12-7-9-16(10-8-12)14(11-15)13-5-3-2-4-6-13/h12-14H,2-10H2,1H3. The summed E-state index contributed by atoms with van der Waals surface area (Å²) < 4.78 is 0. The molecule has 2 fully saturated rings. The van der Waals surface area contributed by atoms with E-state index in [0.717, 1.165) is 19.0 Å². The summed E-state index contributed by atoms with van der Waals surface area (Å²) in [6.45, 7) is 4.63. The molecule has 0 aromatic rings. The fraction of sp³-hybridized carbons (Fsp3) is 0.929. The van der Waals surface area contributed by atoms with Crippen molar-refractivity contribution in [2.45, 2.75) is 57.9 Å². The van der Waals surface area contributed by atoms with Crippen molar-refractivity contribution >= 4 is 0 Å². The van der Waals surface area contributed by atoms with Gasteiger partial charge in [-0.05, 0) is 50.6 Å². The predicted octanol–water partition coefficient (Wildman–Crippen LogP) is 3.19. The van der Waals surface area contributed by atoms with Crippen molar-refractivity contribution in [3.05, 3.63) is 0 Å². The number of piperidine rings is 1. The van der Waals surface area contributed by atoms with Crippen molar-refractivity contribution in [3.63, 3.8) is 0 Å². The van der Waals surface area contributed by atoms with Crippen LogP contribution in [0.2, 0.25) is 0 Å². The quantitative estimate of drug-likeness (QED) is 0.714. The van der Waals surface area contributed by atoms with E-state index in [1.807, 2.05) is 0 Å². The lowest BCUT2D eigenvalue weighted by Crippen LogP contribution is -2.44. The molecule has 1 unspecified atom stereocenters. The summed E-state index contributed by atoms with van der Waals surface area (Å²) in [5, 5.41) is 9.40. The third-order valence-corrected chi connectivity index (χ3v) is 4.44.